The third-order valence-electron chi connectivity index (χ3n) is 7.66. The zero-order valence-corrected chi connectivity index (χ0v) is 18.0. The van der Waals surface area contributed by atoms with Crippen LogP contribution < -0.4 is 0 Å². The minimum atomic E-state index is -0.716. The lowest BCUT2D eigenvalue weighted by atomic mass is 9.83. The molecular weight excluding hydrogens is 376 g/mol. The Hall–Kier alpha value is -0.320. The number of aliphatic hydroxyl groups excluding tert-OH is 2. The van der Waals surface area contributed by atoms with Crippen LogP contribution in [0.3, 0.4) is 0 Å². The lowest BCUT2D eigenvalue weighted by molar-refractivity contribution is -0.137. The highest BCUT2D eigenvalue weighted by Gasteiger charge is 2.51. The highest BCUT2D eigenvalue weighted by Crippen LogP contribution is 2.58. The SMILES string of the molecule is O=C(O)CCCCCC[C@@H]1[C@@H](CCCC(O)C2(CC3CC3)CC2)[C@H](O)C[C@H]1Cl. The van der Waals surface area contributed by atoms with E-state index in [1.54, 1.807) is 0 Å². The van der Waals surface area contributed by atoms with Crippen molar-refractivity contribution in [2.75, 3.05) is 0 Å². The average molecular weight is 415 g/mol. The standard InChI is InChI=1S/C23H39ClO4/c24-19-14-20(25)18(17(19)6-3-1-2-4-9-22(27)28)7-5-8-21(26)23(12-13-23)15-16-10-11-16/h16-21,25-26H,1-15H2,(H,27,28)/t17-,18-,19-,20-,21?/m1/s1. The molecule has 0 amide bonds. The molecule has 162 valence electrons. The number of carbonyl (C=O) groups is 1. The summed E-state index contributed by atoms with van der Waals surface area (Å²) >= 11 is 6.55. The van der Waals surface area contributed by atoms with Gasteiger partial charge >= 0.3 is 5.97 Å². The molecule has 3 aliphatic rings. The molecule has 0 aliphatic heterocycles. The fourth-order valence-electron chi connectivity index (χ4n) is 5.53. The van der Waals surface area contributed by atoms with Crippen LogP contribution in [0.1, 0.15) is 96.3 Å². The predicted molar refractivity (Wildman–Crippen MR) is 111 cm³/mol. The monoisotopic (exact) mass is 414 g/mol. The Morgan fingerprint density at radius 2 is 1.71 bits per heavy atom. The maximum absolute atomic E-state index is 10.7. The van der Waals surface area contributed by atoms with Gasteiger partial charge in [-0.3, -0.25) is 4.79 Å². The summed E-state index contributed by atoms with van der Waals surface area (Å²) < 4.78 is 0. The summed E-state index contributed by atoms with van der Waals surface area (Å²) in [4.78, 5) is 10.6. The smallest absolute Gasteiger partial charge is 0.303 e. The summed E-state index contributed by atoms with van der Waals surface area (Å²) in [6.45, 7) is 0. The Kier molecular flexibility index (Phi) is 8.09. The van der Waals surface area contributed by atoms with Crippen molar-refractivity contribution in [3.63, 3.8) is 0 Å². The van der Waals surface area contributed by atoms with Gasteiger partial charge in [0.1, 0.15) is 0 Å². The number of rotatable bonds is 14. The van der Waals surface area contributed by atoms with Crippen LogP contribution in [0.5, 0.6) is 0 Å². The van der Waals surface area contributed by atoms with Crippen molar-refractivity contribution >= 4 is 17.6 Å². The molecule has 3 saturated carbocycles. The van der Waals surface area contributed by atoms with E-state index in [1.807, 2.05) is 0 Å². The molecule has 0 radical (unpaired) electrons. The van der Waals surface area contributed by atoms with Gasteiger partial charge in [-0.1, -0.05) is 38.5 Å². The number of halogens is 1. The number of aliphatic hydroxyl groups is 2. The fourth-order valence-corrected chi connectivity index (χ4v) is 6.02. The summed E-state index contributed by atoms with van der Waals surface area (Å²) in [5.41, 5.74) is 0.236. The highest BCUT2D eigenvalue weighted by atomic mass is 35.5. The number of alkyl halides is 1. The van der Waals surface area contributed by atoms with Gasteiger partial charge in [-0.05, 0) is 74.5 Å². The van der Waals surface area contributed by atoms with Crippen molar-refractivity contribution in [2.24, 2.45) is 23.2 Å². The zero-order chi connectivity index (χ0) is 20.1. The van der Waals surface area contributed by atoms with Crippen LogP contribution in [0.15, 0.2) is 0 Å². The van der Waals surface area contributed by atoms with E-state index in [-0.39, 0.29) is 35.3 Å². The fraction of sp³-hybridized carbons (Fsp3) is 0.957. The molecule has 0 aromatic carbocycles. The summed E-state index contributed by atoms with van der Waals surface area (Å²) in [6.07, 6.45) is 14.5. The first kappa shape index (κ1) is 22.4. The maximum Gasteiger partial charge on any atom is 0.303 e. The molecule has 5 heteroatoms. The maximum atomic E-state index is 10.7. The van der Waals surface area contributed by atoms with Gasteiger partial charge in [-0.25, -0.2) is 0 Å². The topological polar surface area (TPSA) is 77.8 Å². The zero-order valence-electron chi connectivity index (χ0n) is 17.2. The van der Waals surface area contributed by atoms with Crippen LogP contribution in [0.2, 0.25) is 0 Å². The second kappa shape index (κ2) is 10.1. The first-order valence-corrected chi connectivity index (χ1v) is 12.1. The molecule has 4 nitrogen and oxygen atoms in total. The molecule has 28 heavy (non-hydrogen) atoms. The van der Waals surface area contributed by atoms with Crippen LogP contribution >= 0.6 is 11.6 Å². The summed E-state index contributed by atoms with van der Waals surface area (Å²) in [5.74, 6) is 0.778. The Bertz CT molecular complexity index is 503. The van der Waals surface area contributed by atoms with E-state index in [0.717, 1.165) is 57.3 Å². The number of aliphatic carboxylic acids is 1. The number of unbranched alkanes of at least 4 members (excludes halogenated alkanes) is 3. The van der Waals surface area contributed by atoms with Crippen LogP contribution in [-0.4, -0.2) is 38.9 Å². The normalized spacial score (nSPS) is 32.4. The summed E-state index contributed by atoms with van der Waals surface area (Å²) in [7, 11) is 0. The first-order chi connectivity index (χ1) is 13.4. The molecule has 3 rings (SSSR count). The number of hydrogen-bond donors (Lipinski definition) is 3. The Morgan fingerprint density at radius 1 is 1.04 bits per heavy atom. The Labute approximate surface area is 175 Å². The highest BCUT2D eigenvalue weighted by molar-refractivity contribution is 6.21. The van der Waals surface area contributed by atoms with Crippen LogP contribution in [0, 0.1) is 23.2 Å². The van der Waals surface area contributed by atoms with Gasteiger partial charge in [0.25, 0.3) is 0 Å². The van der Waals surface area contributed by atoms with Crippen LogP contribution in [0.25, 0.3) is 0 Å². The van der Waals surface area contributed by atoms with Crippen molar-refractivity contribution in [1.29, 1.82) is 0 Å². The van der Waals surface area contributed by atoms with E-state index in [9.17, 15) is 15.0 Å². The molecule has 0 aromatic heterocycles. The molecule has 3 N–H and O–H groups in total. The third kappa shape index (κ3) is 6.34. The number of hydrogen-bond acceptors (Lipinski definition) is 3. The number of carboxylic acids is 1. The van der Waals surface area contributed by atoms with Crippen molar-refractivity contribution in [3.05, 3.63) is 0 Å². The van der Waals surface area contributed by atoms with Crippen molar-refractivity contribution in [1.82, 2.24) is 0 Å². The van der Waals surface area contributed by atoms with Gasteiger partial charge in [-0.2, -0.15) is 0 Å². The third-order valence-corrected chi connectivity index (χ3v) is 8.16. The van der Waals surface area contributed by atoms with Gasteiger partial charge in [0.05, 0.1) is 12.2 Å². The van der Waals surface area contributed by atoms with Crippen molar-refractivity contribution in [3.8, 4) is 0 Å². The lowest BCUT2D eigenvalue weighted by Crippen LogP contribution is -2.24. The second-order valence-corrected chi connectivity index (χ2v) is 10.5. The Balaban J connectivity index is 1.35. The molecule has 0 saturated heterocycles. The molecule has 0 heterocycles. The molecule has 0 aromatic rings. The van der Waals surface area contributed by atoms with Gasteiger partial charge in [0, 0.05) is 11.8 Å². The summed E-state index contributed by atoms with van der Waals surface area (Å²) in [5, 5.41) is 29.9. The van der Waals surface area contributed by atoms with Crippen LogP contribution in [-0.2, 0) is 4.79 Å². The molecule has 5 atom stereocenters. The molecule has 0 spiro atoms. The van der Waals surface area contributed by atoms with Crippen LogP contribution in [0.4, 0.5) is 0 Å². The number of carboxylic acid groups (broad SMARTS) is 1. The van der Waals surface area contributed by atoms with E-state index >= 15 is 0 Å². The van der Waals surface area contributed by atoms with E-state index < -0.39 is 5.97 Å². The second-order valence-electron chi connectivity index (χ2n) is 9.95. The molecule has 1 unspecified atom stereocenters. The first-order valence-electron chi connectivity index (χ1n) is 11.6. The van der Waals surface area contributed by atoms with E-state index in [4.69, 9.17) is 16.7 Å². The predicted octanol–water partition coefficient (Wildman–Crippen LogP) is 5.13. The van der Waals surface area contributed by atoms with E-state index in [2.05, 4.69) is 0 Å². The van der Waals surface area contributed by atoms with E-state index in [1.165, 1.54) is 32.1 Å². The molecular formula is C23H39ClO4. The minimum absolute atomic E-state index is 0.0496. The average Bonchev–Trinajstić information content (AvgIpc) is 3.56. The van der Waals surface area contributed by atoms with Gasteiger partial charge < -0.3 is 15.3 Å². The lowest BCUT2D eigenvalue weighted by Gasteiger charge is -2.26. The van der Waals surface area contributed by atoms with Gasteiger partial charge in [0.15, 0.2) is 0 Å². The largest absolute Gasteiger partial charge is 0.481 e. The molecule has 3 fully saturated rings. The minimum Gasteiger partial charge on any atom is -0.481 e. The van der Waals surface area contributed by atoms with E-state index in [0.29, 0.717) is 12.3 Å². The van der Waals surface area contributed by atoms with Gasteiger partial charge in [0.2, 0.25) is 0 Å². The Morgan fingerprint density at radius 3 is 2.36 bits per heavy atom. The summed E-state index contributed by atoms with van der Waals surface area (Å²) in [6, 6.07) is 0. The molecule has 3 aliphatic carbocycles. The van der Waals surface area contributed by atoms with Crippen molar-refractivity contribution < 1.29 is 20.1 Å². The van der Waals surface area contributed by atoms with Crippen molar-refractivity contribution in [2.45, 2.75) is 114 Å². The molecule has 0 bridgehead atoms. The quantitative estimate of drug-likeness (QED) is 0.272. The van der Waals surface area contributed by atoms with Gasteiger partial charge in [-0.15, -0.1) is 11.6 Å².